The van der Waals surface area contributed by atoms with Gasteiger partial charge in [-0.3, -0.25) is 4.79 Å². The summed E-state index contributed by atoms with van der Waals surface area (Å²) in [6.45, 7) is 5.52. The minimum atomic E-state index is -0.125. The van der Waals surface area contributed by atoms with E-state index in [1.54, 1.807) is 0 Å². The molecule has 1 aliphatic rings. The topological polar surface area (TPSA) is 72.7 Å². The van der Waals surface area contributed by atoms with E-state index in [1.165, 1.54) is 0 Å². The summed E-state index contributed by atoms with van der Waals surface area (Å²) in [6, 6.07) is 7.66. The lowest BCUT2D eigenvalue weighted by Gasteiger charge is -2.20. The number of aliphatic hydroxyl groups excluding tert-OH is 1. The van der Waals surface area contributed by atoms with Crippen LogP contribution in [0.2, 0.25) is 0 Å². The Morgan fingerprint density at radius 2 is 1.96 bits per heavy atom. The van der Waals surface area contributed by atoms with E-state index in [2.05, 4.69) is 5.32 Å². The van der Waals surface area contributed by atoms with Crippen molar-refractivity contribution in [2.24, 2.45) is 0 Å². The van der Waals surface area contributed by atoms with Crippen LogP contribution in [-0.4, -0.2) is 41.9 Å². The van der Waals surface area contributed by atoms with Gasteiger partial charge in [-0.05, 0) is 38.5 Å². The van der Waals surface area contributed by atoms with E-state index in [9.17, 15) is 4.79 Å². The van der Waals surface area contributed by atoms with Crippen LogP contribution >= 0.6 is 0 Å². The number of benzene rings is 1. The van der Waals surface area contributed by atoms with Crippen LogP contribution in [0.15, 0.2) is 24.3 Å². The van der Waals surface area contributed by atoms with Gasteiger partial charge in [0.1, 0.15) is 13.2 Å². The minimum Gasteiger partial charge on any atom is -0.486 e. The fourth-order valence-corrected chi connectivity index (χ4v) is 2.94. The second kappa shape index (κ2) is 6.97. The third kappa shape index (κ3) is 3.10. The van der Waals surface area contributed by atoms with E-state index in [-0.39, 0.29) is 12.5 Å². The maximum atomic E-state index is 12.3. The molecule has 0 saturated heterocycles. The van der Waals surface area contributed by atoms with E-state index in [0.29, 0.717) is 31.7 Å². The van der Waals surface area contributed by atoms with Gasteiger partial charge < -0.3 is 24.5 Å². The Morgan fingerprint density at radius 1 is 1.21 bits per heavy atom. The van der Waals surface area contributed by atoms with Crippen molar-refractivity contribution in [3.63, 3.8) is 0 Å². The van der Waals surface area contributed by atoms with Gasteiger partial charge in [-0.1, -0.05) is 0 Å². The highest BCUT2D eigenvalue weighted by Gasteiger charge is 2.18. The number of aromatic nitrogens is 1. The van der Waals surface area contributed by atoms with Crippen molar-refractivity contribution in [1.82, 2.24) is 9.88 Å². The Balaban J connectivity index is 1.90. The molecule has 0 fully saturated rings. The molecule has 0 atom stereocenters. The van der Waals surface area contributed by atoms with Crippen molar-refractivity contribution in [2.45, 2.75) is 20.3 Å². The normalized spacial score (nSPS) is 13.0. The lowest BCUT2D eigenvalue weighted by Crippen LogP contribution is -2.25. The lowest BCUT2D eigenvalue weighted by atomic mass is 10.2. The largest absolute Gasteiger partial charge is 0.486 e. The summed E-state index contributed by atoms with van der Waals surface area (Å²) in [4.78, 5) is 12.3. The second-order valence-electron chi connectivity index (χ2n) is 5.78. The van der Waals surface area contributed by atoms with Gasteiger partial charge in [-0.2, -0.15) is 0 Å². The van der Waals surface area contributed by atoms with E-state index >= 15 is 0 Å². The molecule has 1 aliphatic heterocycles. The monoisotopic (exact) mass is 330 g/mol. The van der Waals surface area contributed by atoms with Gasteiger partial charge >= 0.3 is 0 Å². The molecule has 2 heterocycles. The Labute approximate surface area is 141 Å². The first-order valence-electron chi connectivity index (χ1n) is 8.10. The summed E-state index contributed by atoms with van der Waals surface area (Å²) in [5.41, 5.74) is 3.41. The molecular formula is C18H22N2O4. The molecule has 1 amide bonds. The zero-order valence-electron chi connectivity index (χ0n) is 14.0. The first kappa shape index (κ1) is 16.4. The molecule has 2 N–H and O–H groups in total. The van der Waals surface area contributed by atoms with Gasteiger partial charge in [0, 0.05) is 36.3 Å². The van der Waals surface area contributed by atoms with Gasteiger partial charge in [-0.25, -0.2) is 0 Å². The number of aliphatic hydroxyl groups is 1. The van der Waals surface area contributed by atoms with Crippen molar-refractivity contribution in [1.29, 1.82) is 0 Å². The van der Waals surface area contributed by atoms with Crippen LogP contribution in [0.5, 0.6) is 11.5 Å². The number of carbonyl (C=O) groups excluding carboxylic acids is 1. The summed E-state index contributed by atoms with van der Waals surface area (Å²) >= 11 is 0. The Kier molecular flexibility index (Phi) is 4.76. The molecule has 24 heavy (non-hydrogen) atoms. The molecule has 0 aliphatic carbocycles. The van der Waals surface area contributed by atoms with Gasteiger partial charge in [0.05, 0.1) is 5.56 Å². The standard InChI is InChI=1S/C18H22N2O4/c1-12-10-15(18(22)19-6-3-7-21)13(2)20(12)14-4-5-16-17(11-14)24-9-8-23-16/h4-5,10-11,21H,3,6-9H2,1-2H3,(H,19,22). The molecule has 0 radical (unpaired) electrons. The van der Waals surface area contributed by atoms with Crippen molar-refractivity contribution in [2.75, 3.05) is 26.4 Å². The number of amides is 1. The first-order valence-corrected chi connectivity index (χ1v) is 8.10. The van der Waals surface area contributed by atoms with Crippen molar-refractivity contribution < 1.29 is 19.4 Å². The molecule has 3 rings (SSSR count). The zero-order chi connectivity index (χ0) is 17.1. The summed E-state index contributed by atoms with van der Waals surface area (Å²) in [5.74, 6) is 1.34. The van der Waals surface area contributed by atoms with Crippen molar-refractivity contribution >= 4 is 5.91 Å². The van der Waals surface area contributed by atoms with Crippen LogP contribution in [0, 0.1) is 13.8 Å². The lowest BCUT2D eigenvalue weighted by molar-refractivity contribution is 0.0950. The van der Waals surface area contributed by atoms with Gasteiger partial charge in [0.25, 0.3) is 5.91 Å². The molecule has 0 saturated carbocycles. The number of nitrogens with one attached hydrogen (secondary N) is 1. The molecule has 0 unspecified atom stereocenters. The molecule has 128 valence electrons. The highest BCUT2D eigenvalue weighted by molar-refractivity contribution is 5.95. The van der Waals surface area contributed by atoms with Gasteiger partial charge in [0.2, 0.25) is 0 Å². The predicted molar refractivity (Wildman–Crippen MR) is 90.3 cm³/mol. The molecular weight excluding hydrogens is 308 g/mol. The van der Waals surface area contributed by atoms with Crippen molar-refractivity contribution in [3.05, 3.63) is 41.2 Å². The Bertz CT molecular complexity index is 752. The number of carbonyl (C=O) groups is 1. The van der Waals surface area contributed by atoms with Gasteiger partial charge in [-0.15, -0.1) is 0 Å². The van der Waals surface area contributed by atoms with Crippen LogP contribution in [0.4, 0.5) is 0 Å². The van der Waals surface area contributed by atoms with Crippen molar-refractivity contribution in [3.8, 4) is 17.2 Å². The predicted octanol–water partition coefficient (Wildman–Crippen LogP) is 1.98. The van der Waals surface area contributed by atoms with E-state index in [1.807, 2.05) is 42.7 Å². The first-order chi connectivity index (χ1) is 11.6. The molecule has 6 nitrogen and oxygen atoms in total. The quantitative estimate of drug-likeness (QED) is 0.822. The smallest absolute Gasteiger partial charge is 0.253 e. The van der Waals surface area contributed by atoms with Gasteiger partial charge in [0.15, 0.2) is 11.5 Å². The summed E-state index contributed by atoms with van der Waals surface area (Å²) < 4.78 is 13.2. The summed E-state index contributed by atoms with van der Waals surface area (Å²) in [6.07, 6.45) is 0.548. The van der Waals surface area contributed by atoms with Crippen LogP contribution in [0.3, 0.4) is 0 Å². The highest BCUT2D eigenvalue weighted by Crippen LogP contribution is 2.33. The second-order valence-corrected chi connectivity index (χ2v) is 5.78. The highest BCUT2D eigenvalue weighted by atomic mass is 16.6. The number of rotatable bonds is 5. The van der Waals surface area contributed by atoms with E-state index in [4.69, 9.17) is 14.6 Å². The van der Waals surface area contributed by atoms with Crippen LogP contribution in [-0.2, 0) is 0 Å². The minimum absolute atomic E-state index is 0.0660. The fourth-order valence-electron chi connectivity index (χ4n) is 2.94. The number of fused-ring (bicyclic) bond motifs is 1. The molecule has 2 aromatic rings. The molecule has 1 aromatic carbocycles. The number of aryl methyl sites for hydroxylation is 1. The number of hydrogen-bond acceptors (Lipinski definition) is 4. The molecule has 1 aromatic heterocycles. The van der Waals surface area contributed by atoms with Crippen LogP contribution < -0.4 is 14.8 Å². The molecule has 6 heteroatoms. The molecule has 0 spiro atoms. The maximum absolute atomic E-state index is 12.3. The zero-order valence-corrected chi connectivity index (χ0v) is 14.0. The Hall–Kier alpha value is -2.47. The summed E-state index contributed by atoms with van der Waals surface area (Å²) in [5, 5.41) is 11.6. The fraction of sp³-hybridized carbons (Fsp3) is 0.389. The number of ether oxygens (including phenoxy) is 2. The number of nitrogens with zero attached hydrogens (tertiary/aromatic N) is 1. The van der Waals surface area contributed by atoms with Crippen LogP contribution in [0.1, 0.15) is 28.2 Å². The third-order valence-electron chi connectivity index (χ3n) is 4.08. The maximum Gasteiger partial charge on any atom is 0.253 e. The Morgan fingerprint density at radius 3 is 2.71 bits per heavy atom. The van der Waals surface area contributed by atoms with Crippen LogP contribution in [0.25, 0.3) is 5.69 Å². The SMILES string of the molecule is Cc1cc(C(=O)NCCCO)c(C)n1-c1ccc2c(c1)OCCO2. The van der Waals surface area contributed by atoms with E-state index < -0.39 is 0 Å². The molecule has 0 bridgehead atoms. The number of hydrogen-bond donors (Lipinski definition) is 2. The van der Waals surface area contributed by atoms with E-state index in [0.717, 1.165) is 28.6 Å². The average molecular weight is 330 g/mol. The average Bonchev–Trinajstić information content (AvgIpc) is 2.89. The third-order valence-corrected chi connectivity index (χ3v) is 4.08. The summed E-state index contributed by atoms with van der Waals surface area (Å²) in [7, 11) is 0.